The van der Waals surface area contributed by atoms with Crippen molar-refractivity contribution < 1.29 is 9.15 Å². The molecular weight excluding hydrogens is 220 g/mol. The fourth-order valence-corrected chi connectivity index (χ4v) is 1.38. The van der Waals surface area contributed by atoms with Crippen molar-refractivity contribution in [1.29, 1.82) is 0 Å². The fourth-order valence-electron chi connectivity index (χ4n) is 1.14. The molecule has 12 heavy (non-hydrogen) atoms. The van der Waals surface area contributed by atoms with E-state index in [0.29, 0.717) is 5.52 Å². The Bertz CT molecular complexity index is 381. The van der Waals surface area contributed by atoms with Gasteiger partial charge >= 0.3 is 0 Å². The van der Waals surface area contributed by atoms with E-state index in [4.69, 9.17) is 9.15 Å². The molecule has 2 aromatic rings. The highest BCUT2D eigenvalue weighted by Crippen LogP contribution is 2.26. The number of hydrogen-bond donors (Lipinski definition) is 0. The molecule has 0 radical (unpaired) electrons. The summed E-state index contributed by atoms with van der Waals surface area (Å²) in [6.07, 6.45) is 1.66. The quantitative estimate of drug-likeness (QED) is 0.735. The van der Waals surface area contributed by atoms with Gasteiger partial charge in [-0.05, 0) is 28.1 Å². The number of rotatable bonds is 2. The molecule has 0 amide bonds. The van der Waals surface area contributed by atoms with Crippen LogP contribution in [0.1, 0.15) is 0 Å². The summed E-state index contributed by atoms with van der Waals surface area (Å²) in [5.74, 6) is 0.773. The molecule has 1 heterocycles. The third-order valence-corrected chi connectivity index (χ3v) is 1.88. The van der Waals surface area contributed by atoms with Crippen LogP contribution in [0.15, 0.2) is 34.9 Å². The first-order valence-electron chi connectivity index (χ1n) is 3.57. The van der Waals surface area contributed by atoms with E-state index in [1.807, 2.05) is 24.3 Å². The molecule has 3 heteroatoms. The van der Waals surface area contributed by atoms with Crippen LogP contribution in [0.3, 0.4) is 0 Å². The number of fused-ring (bicyclic) bond motifs is 1. The number of benzene rings is 1. The third kappa shape index (κ3) is 1.20. The summed E-state index contributed by atoms with van der Waals surface area (Å²) >= 11 is 3.20. The van der Waals surface area contributed by atoms with Gasteiger partial charge in [0.25, 0.3) is 0 Å². The average Bonchev–Trinajstić information content (AvgIpc) is 2.53. The Balaban J connectivity index is 2.57. The number of para-hydroxylation sites is 1. The molecule has 1 aromatic heterocycles. The summed E-state index contributed by atoms with van der Waals surface area (Å²) in [5.41, 5.74) is 1.28. The minimum Gasteiger partial charge on any atom is -0.478 e. The van der Waals surface area contributed by atoms with Gasteiger partial charge in [0.1, 0.15) is 5.52 Å². The van der Waals surface area contributed by atoms with E-state index < -0.39 is 0 Å². The fraction of sp³-hybridized carbons (Fsp3) is 0.111. The molecule has 0 bridgehead atoms. The number of alkyl halides is 1. The standard InChI is InChI=1S/C9H7BrO2/c10-6-12-8-3-1-2-7-4-5-11-9(7)8/h1-5H,6H2. The molecule has 0 atom stereocenters. The Hall–Kier alpha value is -0.960. The SMILES string of the molecule is BrCOc1cccc2ccoc12. The van der Waals surface area contributed by atoms with Crippen LogP contribution in [-0.2, 0) is 0 Å². The van der Waals surface area contributed by atoms with Crippen LogP contribution in [0.2, 0.25) is 0 Å². The van der Waals surface area contributed by atoms with Crippen molar-refractivity contribution in [1.82, 2.24) is 0 Å². The number of ether oxygens (including phenoxy) is 1. The zero-order valence-electron chi connectivity index (χ0n) is 6.29. The lowest BCUT2D eigenvalue weighted by molar-refractivity contribution is 0.394. The lowest BCUT2D eigenvalue weighted by Gasteiger charge is -2.00. The number of furan rings is 1. The van der Waals surface area contributed by atoms with E-state index in [1.54, 1.807) is 6.26 Å². The molecule has 0 spiro atoms. The van der Waals surface area contributed by atoms with E-state index >= 15 is 0 Å². The van der Waals surface area contributed by atoms with Crippen molar-refractivity contribution in [2.24, 2.45) is 0 Å². The molecule has 0 N–H and O–H groups in total. The van der Waals surface area contributed by atoms with E-state index in [1.165, 1.54) is 0 Å². The van der Waals surface area contributed by atoms with E-state index in [-0.39, 0.29) is 0 Å². The van der Waals surface area contributed by atoms with Crippen LogP contribution in [0, 0.1) is 0 Å². The van der Waals surface area contributed by atoms with Crippen molar-refractivity contribution in [3.05, 3.63) is 30.5 Å². The first-order valence-corrected chi connectivity index (χ1v) is 4.69. The Morgan fingerprint density at radius 3 is 3.08 bits per heavy atom. The maximum atomic E-state index is 5.30. The minimum atomic E-state index is 0.479. The molecule has 0 saturated carbocycles. The molecule has 0 aliphatic carbocycles. The second kappa shape index (κ2) is 3.19. The molecule has 62 valence electrons. The topological polar surface area (TPSA) is 22.4 Å². The van der Waals surface area contributed by atoms with Crippen molar-refractivity contribution in [2.75, 3.05) is 5.52 Å². The zero-order chi connectivity index (χ0) is 8.39. The van der Waals surface area contributed by atoms with Crippen LogP contribution >= 0.6 is 15.9 Å². The highest BCUT2D eigenvalue weighted by atomic mass is 79.9. The first kappa shape index (κ1) is 7.68. The van der Waals surface area contributed by atoms with Gasteiger partial charge < -0.3 is 9.15 Å². The lowest BCUT2D eigenvalue weighted by Crippen LogP contribution is -1.87. The highest BCUT2D eigenvalue weighted by molar-refractivity contribution is 9.09. The number of halogens is 1. The smallest absolute Gasteiger partial charge is 0.175 e. The van der Waals surface area contributed by atoms with Gasteiger partial charge in [0.15, 0.2) is 11.3 Å². The van der Waals surface area contributed by atoms with E-state index in [9.17, 15) is 0 Å². The van der Waals surface area contributed by atoms with Gasteiger partial charge in [-0.1, -0.05) is 12.1 Å². The van der Waals surface area contributed by atoms with E-state index in [2.05, 4.69) is 15.9 Å². The predicted molar refractivity (Wildman–Crippen MR) is 50.6 cm³/mol. The molecule has 0 aliphatic rings. The number of hydrogen-bond acceptors (Lipinski definition) is 2. The average molecular weight is 227 g/mol. The van der Waals surface area contributed by atoms with Crippen molar-refractivity contribution in [3.63, 3.8) is 0 Å². The Labute approximate surface area is 78.3 Å². The zero-order valence-corrected chi connectivity index (χ0v) is 7.87. The molecule has 1 aromatic carbocycles. The molecule has 0 fully saturated rings. The monoisotopic (exact) mass is 226 g/mol. The summed E-state index contributed by atoms with van der Waals surface area (Å²) in [6, 6.07) is 7.72. The normalized spacial score (nSPS) is 10.4. The molecule has 0 unspecified atom stereocenters. The van der Waals surface area contributed by atoms with Gasteiger partial charge in [0, 0.05) is 5.39 Å². The lowest BCUT2D eigenvalue weighted by atomic mass is 10.2. The summed E-state index contributed by atoms with van der Waals surface area (Å²) in [7, 11) is 0. The summed E-state index contributed by atoms with van der Waals surface area (Å²) < 4.78 is 10.6. The van der Waals surface area contributed by atoms with Gasteiger partial charge in [0.2, 0.25) is 0 Å². The van der Waals surface area contributed by atoms with Crippen LogP contribution < -0.4 is 4.74 Å². The predicted octanol–water partition coefficient (Wildman–Crippen LogP) is 3.16. The Kier molecular flexibility index (Phi) is 2.04. The van der Waals surface area contributed by atoms with Crippen LogP contribution in [0.5, 0.6) is 5.75 Å². The summed E-state index contributed by atoms with van der Waals surface area (Å²) in [6.45, 7) is 0. The van der Waals surface area contributed by atoms with Gasteiger partial charge in [-0.15, -0.1) is 0 Å². The summed E-state index contributed by atoms with van der Waals surface area (Å²) in [5, 5.41) is 1.06. The van der Waals surface area contributed by atoms with Gasteiger partial charge in [-0.2, -0.15) is 0 Å². The molecule has 0 aliphatic heterocycles. The maximum absolute atomic E-state index is 5.30. The second-order valence-corrected chi connectivity index (χ2v) is 2.81. The van der Waals surface area contributed by atoms with Gasteiger partial charge in [0.05, 0.1) is 6.26 Å². The Morgan fingerprint density at radius 1 is 1.33 bits per heavy atom. The molecular formula is C9H7BrO2. The van der Waals surface area contributed by atoms with Gasteiger partial charge in [-0.25, -0.2) is 0 Å². The van der Waals surface area contributed by atoms with Crippen LogP contribution in [-0.4, -0.2) is 5.52 Å². The van der Waals surface area contributed by atoms with Crippen LogP contribution in [0.4, 0.5) is 0 Å². The molecule has 0 saturated heterocycles. The highest BCUT2D eigenvalue weighted by Gasteiger charge is 2.02. The second-order valence-electron chi connectivity index (χ2n) is 2.35. The maximum Gasteiger partial charge on any atom is 0.175 e. The van der Waals surface area contributed by atoms with Crippen molar-refractivity contribution in [2.45, 2.75) is 0 Å². The van der Waals surface area contributed by atoms with Crippen LogP contribution in [0.25, 0.3) is 11.0 Å². The Morgan fingerprint density at radius 2 is 2.25 bits per heavy atom. The van der Waals surface area contributed by atoms with E-state index in [0.717, 1.165) is 16.7 Å². The molecule has 2 rings (SSSR count). The minimum absolute atomic E-state index is 0.479. The molecule has 2 nitrogen and oxygen atoms in total. The van der Waals surface area contributed by atoms with Crippen molar-refractivity contribution in [3.8, 4) is 5.75 Å². The van der Waals surface area contributed by atoms with Gasteiger partial charge in [-0.3, -0.25) is 0 Å². The third-order valence-electron chi connectivity index (χ3n) is 1.65. The van der Waals surface area contributed by atoms with Crippen molar-refractivity contribution >= 4 is 26.9 Å². The largest absolute Gasteiger partial charge is 0.478 e. The first-order chi connectivity index (χ1) is 5.92. The summed E-state index contributed by atoms with van der Waals surface area (Å²) in [4.78, 5) is 0.